The van der Waals surface area contributed by atoms with Gasteiger partial charge in [0, 0.05) is 11.1 Å². The van der Waals surface area contributed by atoms with Crippen LogP contribution in [0.25, 0.3) is 10.8 Å². The number of aryl methyl sites for hydroxylation is 1. The molecule has 4 rings (SSSR count). The first kappa shape index (κ1) is 23.6. The molecule has 0 spiro atoms. The zero-order valence-corrected chi connectivity index (χ0v) is 20.0. The van der Waals surface area contributed by atoms with Gasteiger partial charge >= 0.3 is 0 Å². The summed E-state index contributed by atoms with van der Waals surface area (Å²) in [6.45, 7) is 2.38. The van der Waals surface area contributed by atoms with Crippen molar-refractivity contribution >= 4 is 44.0 Å². The molecule has 34 heavy (non-hydrogen) atoms. The van der Waals surface area contributed by atoms with Crippen molar-refractivity contribution in [1.82, 2.24) is 5.32 Å². The molecule has 0 aliphatic rings. The molecule has 0 saturated carbocycles. The predicted octanol–water partition coefficient (Wildman–Crippen LogP) is 5.41. The zero-order chi connectivity index (χ0) is 24.1. The van der Waals surface area contributed by atoms with Gasteiger partial charge in [-0.3, -0.25) is 9.52 Å². The van der Waals surface area contributed by atoms with Crippen LogP contribution in [-0.4, -0.2) is 27.5 Å². The lowest BCUT2D eigenvalue weighted by atomic mass is 10.1. The molecular formula is C26H23ClN2O4S. The predicted molar refractivity (Wildman–Crippen MR) is 135 cm³/mol. The lowest BCUT2D eigenvalue weighted by Gasteiger charge is -2.12. The SMILES string of the molecule is Cc1ccc(S(=O)(=O)Nc2ccc(Cl)c(C(=O)NCCOc3cccc4ccccc34)c2)cc1. The highest BCUT2D eigenvalue weighted by Gasteiger charge is 2.17. The van der Waals surface area contributed by atoms with Crippen molar-refractivity contribution in [2.75, 3.05) is 17.9 Å². The highest BCUT2D eigenvalue weighted by molar-refractivity contribution is 7.92. The Bertz CT molecular complexity index is 1430. The topological polar surface area (TPSA) is 84.5 Å². The van der Waals surface area contributed by atoms with Gasteiger partial charge in [-0.05, 0) is 48.7 Å². The van der Waals surface area contributed by atoms with Gasteiger partial charge in [0.25, 0.3) is 15.9 Å². The molecule has 0 heterocycles. The third kappa shape index (κ3) is 5.50. The summed E-state index contributed by atoms with van der Waals surface area (Å²) in [5, 5.41) is 5.04. The van der Waals surface area contributed by atoms with Crippen LogP contribution in [0.1, 0.15) is 15.9 Å². The van der Waals surface area contributed by atoms with Crippen LogP contribution in [0.3, 0.4) is 0 Å². The molecule has 0 saturated heterocycles. The van der Waals surface area contributed by atoms with Crippen LogP contribution in [0.4, 0.5) is 5.69 Å². The summed E-state index contributed by atoms with van der Waals surface area (Å²) in [5.74, 6) is 0.306. The third-order valence-corrected chi connectivity index (χ3v) is 6.92. The van der Waals surface area contributed by atoms with Crippen LogP contribution >= 0.6 is 11.6 Å². The van der Waals surface area contributed by atoms with E-state index in [9.17, 15) is 13.2 Å². The van der Waals surface area contributed by atoms with Gasteiger partial charge in [0.1, 0.15) is 12.4 Å². The minimum absolute atomic E-state index is 0.129. The average molecular weight is 495 g/mol. The summed E-state index contributed by atoms with van der Waals surface area (Å²) in [7, 11) is -3.80. The van der Waals surface area contributed by atoms with Gasteiger partial charge in [-0.2, -0.15) is 0 Å². The minimum Gasteiger partial charge on any atom is -0.491 e. The third-order valence-electron chi connectivity index (χ3n) is 5.19. The Balaban J connectivity index is 1.39. The first-order valence-corrected chi connectivity index (χ1v) is 12.5. The van der Waals surface area contributed by atoms with Crippen molar-refractivity contribution in [3.8, 4) is 5.75 Å². The van der Waals surface area contributed by atoms with Gasteiger partial charge < -0.3 is 10.1 Å². The number of anilines is 1. The molecule has 0 bridgehead atoms. The fourth-order valence-electron chi connectivity index (χ4n) is 3.44. The summed E-state index contributed by atoms with van der Waals surface area (Å²) in [5.41, 5.74) is 1.35. The molecule has 8 heteroatoms. The van der Waals surface area contributed by atoms with Crippen LogP contribution in [0.15, 0.2) is 89.8 Å². The molecule has 4 aromatic rings. The maximum Gasteiger partial charge on any atom is 0.261 e. The van der Waals surface area contributed by atoms with E-state index >= 15 is 0 Å². The highest BCUT2D eigenvalue weighted by Crippen LogP contribution is 2.25. The molecule has 0 aliphatic heterocycles. The van der Waals surface area contributed by atoms with Gasteiger partial charge in [-0.1, -0.05) is 65.7 Å². The van der Waals surface area contributed by atoms with Crippen LogP contribution in [0.5, 0.6) is 5.75 Å². The molecular weight excluding hydrogens is 472 g/mol. The standard InChI is InChI=1S/C26H23ClN2O4S/c1-18-9-12-21(13-10-18)34(31,32)29-20-11-14-24(27)23(17-20)26(30)28-15-16-33-25-8-4-6-19-5-2-3-7-22(19)25/h2-14,17,29H,15-16H2,1H3,(H,28,30). The second kappa shape index (κ2) is 10.2. The van der Waals surface area contributed by atoms with Crippen LogP contribution in [-0.2, 0) is 10.0 Å². The minimum atomic E-state index is -3.80. The smallest absolute Gasteiger partial charge is 0.261 e. The van der Waals surface area contributed by atoms with E-state index in [0.717, 1.165) is 22.1 Å². The van der Waals surface area contributed by atoms with Crippen LogP contribution in [0, 0.1) is 6.92 Å². The average Bonchev–Trinajstić information content (AvgIpc) is 2.83. The normalized spacial score (nSPS) is 11.2. The van der Waals surface area contributed by atoms with E-state index in [1.54, 1.807) is 12.1 Å². The van der Waals surface area contributed by atoms with E-state index in [-0.39, 0.29) is 34.3 Å². The van der Waals surface area contributed by atoms with E-state index in [1.165, 1.54) is 30.3 Å². The van der Waals surface area contributed by atoms with E-state index < -0.39 is 15.9 Å². The second-order valence-electron chi connectivity index (χ2n) is 7.69. The van der Waals surface area contributed by atoms with Crippen molar-refractivity contribution in [2.45, 2.75) is 11.8 Å². The Labute approximate surface area is 203 Å². The number of rotatable bonds is 8. The maximum absolute atomic E-state index is 12.7. The van der Waals surface area contributed by atoms with Gasteiger partial charge in [-0.15, -0.1) is 0 Å². The number of amides is 1. The monoisotopic (exact) mass is 494 g/mol. The van der Waals surface area contributed by atoms with Gasteiger partial charge in [0.2, 0.25) is 0 Å². The number of nitrogens with one attached hydrogen (secondary N) is 2. The van der Waals surface area contributed by atoms with Gasteiger partial charge in [0.15, 0.2) is 0 Å². The second-order valence-corrected chi connectivity index (χ2v) is 9.78. The quantitative estimate of drug-likeness (QED) is 0.321. The van der Waals surface area contributed by atoms with Crippen molar-refractivity contribution in [2.24, 2.45) is 0 Å². The molecule has 0 atom stereocenters. The Morgan fingerprint density at radius 2 is 1.68 bits per heavy atom. The molecule has 1 amide bonds. The lowest BCUT2D eigenvalue weighted by molar-refractivity contribution is 0.0947. The number of carbonyl (C=O) groups excluding carboxylic acids is 1. The molecule has 0 radical (unpaired) electrons. The van der Waals surface area contributed by atoms with Gasteiger partial charge in [-0.25, -0.2) is 8.42 Å². The number of hydrogen-bond donors (Lipinski definition) is 2. The summed E-state index contributed by atoms with van der Waals surface area (Å²) < 4.78 is 33.6. The molecule has 0 fully saturated rings. The molecule has 6 nitrogen and oxygen atoms in total. The Kier molecular flexibility index (Phi) is 7.05. The van der Waals surface area contributed by atoms with Crippen molar-refractivity contribution in [3.63, 3.8) is 0 Å². The molecule has 0 aromatic heterocycles. The molecule has 0 aliphatic carbocycles. The van der Waals surface area contributed by atoms with E-state index in [2.05, 4.69) is 10.0 Å². The van der Waals surface area contributed by atoms with Crippen LogP contribution < -0.4 is 14.8 Å². The van der Waals surface area contributed by atoms with E-state index in [0.29, 0.717) is 0 Å². The number of benzene rings is 4. The largest absolute Gasteiger partial charge is 0.491 e. The molecule has 0 unspecified atom stereocenters. The zero-order valence-electron chi connectivity index (χ0n) is 18.4. The summed E-state index contributed by atoms with van der Waals surface area (Å²) in [6.07, 6.45) is 0. The number of ether oxygens (including phenoxy) is 1. The fraction of sp³-hybridized carbons (Fsp3) is 0.115. The summed E-state index contributed by atoms with van der Waals surface area (Å²) >= 11 is 6.20. The van der Waals surface area contributed by atoms with Crippen molar-refractivity contribution in [3.05, 3.63) is 101 Å². The number of halogens is 1. The molecule has 174 valence electrons. The summed E-state index contributed by atoms with van der Waals surface area (Å²) in [6, 6.07) is 24.6. The van der Waals surface area contributed by atoms with Gasteiger partial charge in [0.05, 0.1) is 22.0 Å². The molecule has 4 aromatic carbocycles. The lowest BCUT2D eigenvalue weighted by Crippen LogP contribution is -2.28. The van der Waals surface area contributed by atoms with Crippen molar-refractivity contribution in [1.29, 1.82) is 0 Å². The molecule has 2 N–H and O–H groups in total. The Morgan fingerprint density at radius 3 is 2.47 bits per heavy atom. The van der Waals surface area contributed by atoms with E-state index in [1.807, 2.05) is 49.4 Å². The first-order valence-electron chi connectivity index (χ1n) is 10.6. The maximum atomic E-state index is 12.7. The highest BCUT2D eigenvalue weighted by atomic mass is 35.5. The fourth-order valence-corrected chi connectivity index (χ4v) is 4.69. The number of sulfonamides is 1. The van der Waals surface area contributed by atoms with Crippen molar-refractivity contribution < 1.29 is 17.9 Å². The summed E-state index contributed by atoms with van der Waals surface area (Å²) in [4.78, 5) is 12.8. The Morgan fingerprint density at radius 1 is 0.941 bits per heavy atom. The number of carbonyl (C=O) groups is 1. The number of hydrogen-bond acceptors (Lipinski definition) is 4. The Hall–Kier alpha value is -3.55. The number of fused-ring (bicyclic) bond motifs is 1. The first-order chi connectivity index (χ1) is 16.3. The van der Waals surface area contributed by atoms with E-state index in [4.69, 9.17) is 16.3 Å². The van der Waals surface area contributed by atoms with Crippen LogP contribution in [0.2, 0.25) is 5.02 Å².